The molecule has 0 saturated carbocycles. The van der Waals surface area contributed by atoms with Crippen LogP contribution in [0.3, 0.4) is 0 Å². The van der Waals surface area contributed by atoms with Crippen LogP contribution < -0.4 is 0 Å². The molecule has 0 radical (unpaired) electrons. The Morgan fingerprint density at radius 2 is 1.77 bits per heavy atom. The number of aliphatic hydroxyl groups excluding tert-OH is 2. The number of hydrogen-bond acceptors (Lipinski definition) is 5. The molecule has 2 aliphatic heterocycles. The summed E-state index contributed by atoms with van der Waals surface area (Å²) in [7, 11) is 0. The molecule has 2 fully saturated rings. The maximum absolute atomic E-state index is 10.6. The highest BCUT2D eigenvalue weighted by atomic mass is 16.4. The van der Waals surface area contributed by atoms with Gasteiger partial charge < -0.3 is 14.6 Å². The first-order chi connectivity index (χ1) is 10.8. The second-order valence-electron chi connectivity index (χ2n) is 6.63. The van der Waals surface area contributed by atoms with Gasteiger partial charge in [-0.15, -0.1) is 0 Å². The Kier molecular flexibility index (Phi) is 5.52. The molecule has 22 heavy (non-hydrogen) atoms. The van der Waals surface area contributed by atoms with Crippen LogP contribution in [0.2, 0.25) is 0 Å². The topological polar surface area (TPSA) is 60.1 Å². The number of β-amino-alcohol motifs (C(OH)–C–C–N with tert-alkyl or cyclic N) is 1. The molecule has 3 rings (SSSR count). The van der Waals surface area contributed by atoms with Crippen LogP contribution >= 0.6 is 0 Å². The standard InChI is InChI=1S/C17H28N2O3/c20-13-15-6-5-14(22-15)11-18-10-7-16(17(21)12-18)19-8-3-1-2-4-9-19/h5-6,16-17,20-21H,1-4,7-13H2/t16-,17-/m1/s1. The summed E-state index contributed by atoms with van der Waals surface area (Å²) in [5.74, 6) is 1.47. The third kappa shape index (κ3) is 3.90. The van der Waals surface area contributed by atoms with E-state index in [4.69, 9.17) is 9.52 Å². The Morgan fingerprint density at radius 1 is 1.05 bits per heavy atom. The molecule has 1 aromatic heterocycles. The Labute approximate surface area is 132 Å². The van der Waals surface area contributed by atoms with Crippen molar-refractivity contribution in [1.82, 2.24) is 9.80 Å². The minimum absolute atomic E-state index is 0.0559. The van der Waals surface area contributed by atoms with Gasteiger partial charge in [-0.2, -0.15) is 0 Å². The molecule has 3 heterocycles. The zero-order valence-corrected chi connectivity index (χ0v) is 13.3. The van der Waals surface area contributed by atoms with Gasteiger partial charge in [0.15, 0.2) is 0 Å². The number of furan rings is 1. The normalized spacial score (nSPS) is 28.6. The summed E-state index contributed by atoms with van der Waals surface area (Å²) in [5.41, 5.74) is 0. The summed E-state index contributed by atoms with van der Waals surface area (Å²) >= 11 is 0. The van der Waals surface area contributed by atoms with E-state index >= 15 is 0 Å². The Balaban J connectivity index is 1.52. The van der Waals surface area contributed by atoms with Crippen LogP contribution in [0.1, 0.15) is 43.6 Å². The van der Waals surface area contributed by atoms with E-state index in [9.17, 15) is 5.11 Å². The average Bonchev–Trinajstić information content (AvgIpc) is 2.80. The van der Waals surface area contributed by atoms with Crippen LogP contribution in [-0.2, 0) is 13.2 Å². The van der Waals surface area contributed by atoms with E-state index in [0.717, 1.165) is 31.8 Å². The molecule has 0 unspecified atom stereocenters. The van der Waals surface area contributed by atoms with E-state index in [2.05, 4.69) is 9.80 Å². The van der Waals surface area contributed by atoms with Crippen molar-refractivity contribution in [2.75, 3.05) is 26.2 Å². The molecule has 2 saturated heterocycles. The summed E-state index contributed by atoms with van der Waals surface area (Å²) in [6.45, 7) is 4.63. The van der Waals surface area contributed by atoms with Gasteiger partial charge in [0.25, 0.3) is 0 Å². The van der Waals surface area contributed by atoms with Crippen molar-refractivity contribution < 1.29 is 14.6 Å². The quantitative estimate of drug-likeness (QED) is 0.884. The maximum atomic E-state index is 10.6. The van der Waals surface area contributed by atoms with E-state index < -0.39 is 0 Å². The Hall–Kier alpha value is -0.880. The van der Waals surface area contributed by atoms with Crippen LogP contribution in [-0.4, -0.2) is 58.3 Å². The van der Waals surface area contributed by atoms with Crippen molar-refractivity contribution in [3.8, 4) is 0 Å². The van der Waals surface area contributed by atoms with Crippen molar-refractivity contribution in [3.05, 3.63) is 23.7 Å². The molecule has 0 bridgehead atoms. The fourth-order valence-electron chi connectivity index (χ4n) is 3.79. The zero-order valence-electron chi connectivity index (χ0n) is 13.3. The number of nitrogens with zero attached hydrogens (tertiary/aromatic N) is 2. The zero-order chi connectivity index (χ0) is 15.4. The number of rotatable bonds is 4. The van der Waals surface area contributed by atoms with Gasteiger partial charge in [0, 0.05) is 19.1 Å². The van der Waals surface area contributed by atoms with Gasteiger partial charge in [0.2, 0.25) is 0 Å². The minimum atomic E-state index is -0.279. The highest BCUT2D eigenvalue weighted by molar-refractivity contribution is 5.06. The molecule has 0 amide bonds. The molecular formula is C17H28N2O3. The summed E-state index contributed by atoms with van der Waals surface area (Å²) < 4.78 is 5.55. The molecule has 2 atom stereocenters. The molecule has 5 nitrogen and oxygen atoms in total. The third-order valence-electron chi connectivity index (χ3n) is 4.99. The summed E-state index contributed by atoms with van der Waals surface area (Å²) in [6, 6.07) is 4.05. The Morgan fingerprint density at radius 3 is 2.41 bits per heavy atom. The monoisotopic (exact) mass is 308 g/mol. The van der Waals surface area contributed by atoms with Gasteiger partial charge in [0.1, 0.15) is 18.1 Å². The highest BCUT2D eigenvalue weighted by Crippen LogP contribution is 2.22. The largest absolute Gasteiger partial charge is 0.462 e. The smallest absolute Gasteiger partial charge is 0.129 e. The van der Waals surface area contributed by atoms with Crippen molar-refractivity contribution in [3.63, 3.8) is 0 Å². The lowest BCUT2D eigenvalue weighted by molar-refractivity contribution is -0.0161. The first kappa shape index (κ1) is 16.0. The van der Waals surface area contributed by atoms with E-state index in [-0.39, 0.29) is 12.7 Å². The van der Waals surface area contributed by atoms with Gasteiger partial charge in [-0.1, -0.05) is 12.8 Å². The molecule has 0 aliphatic carbocycles. The molecule has 0 aromatic carbocycles. The summed E-state index contributed by atoms with van der Waals surface area (Å²) in [5, 5.41) is 19.6. The SMILES string of the molecule is OCc1ccc(CN2CC[C@@H](N3CCCCCC3)[C@H](O)C2)o1. The molecule has 2 N–H and O–H groups in total. The fraction of sp³-hybridized carbons (Fsp3) is 0.765. The molecule has 0 spiro atoms. The second kappa shape index (κ2) is 7.59. The van der Waals surface area contributed by atoms with Gasteiger partial charge in [-0.05, 0) is 44.5 Å². The number of hydrogen-bond donors (Lipinski definition) is 2. The summed E-state index contributed by atoms with van der Waals surface area (Å²) in [4.78, 5) is 4.75. The first-order valence-corrected chi connectivity index (χ1v) is 8.59. The first-order valence-electron chi connectivity index (χ1n) is 8.59. The van der Waals surface area contributed by atoms with Crippen LogP contribution in [0.25, 0.3) is 0 Å². The fourth-order valence-corrected chi connectivity index (χ4v) is 3.79. The van der Waals surface area contributed by atoms with Crippen molar-refractivity contribution in [2.45, 2.75) is 57.4 Å². The van der Waals surface area contributed by atoms with E-state index in [1.165, 1.54) is 25.7 Å². The van der Waals surface area contributed by atoms with Crippen molar-refractivity contribution in [1.29, 1.82) is 0 Å². The molecule has 2 aliphatic rings. The van der Waals surface area contributed by atoms with Crippen LogP contribution in [0.15, 0.2) is 16.5 Å². The lowest BCUT2D eigenvalue weighted by Crippen LogP contribution is -2.54. The van der Waals surface area contributed by atoms with E-state index in [0.29, 0.717) is 24.9 Å². The van der Waals surface area contributed by atoms with Crippen LogP contribution in [0.4, 0.5) is 0 Å². The van der Waals surface area contributed by atoms with E-state index in [1.807, 2.05) is 12.1 Å². The third-order valence-corrected chi connectivity index (χ3v) is 4.99. The lowest BCUT2D eigenvalue weighted by Gasteiger charge is -2.41. The molecular weight excluding hydrogens is 280 g/mol. The van der Waals surface area contributed by atoms with Gasteiger partial charge >= 0.3 is 0 Å². The van der Waals surface area contributed by atoms with Crippen molar-refractivity contribution in [2.24, 2.45) is 0 Å². The maximum Gasteiger partial charge on any atom is 0.129 e. The van der Waals surface area contributed by atoms with Gasteiger partial charge in [-0.3, -0.25) is 9.80 Å². The van der Waals surface area contributed by atoms with Crippen molar-refractivity contribution >= 4 is 0 Å². The number of aliphatic hydroxyl groups is 2. The minimum Gasteiger partial charge on any atom is -0.462 e. The predicted octanol–water partition coefficient (Wildman–Crippen LogP) is 1.58. The number of likely N-dealkylation sites (tertiary alicyclic amines) is 2. The lowest BCUT2D eigenvalue weighted by atomic mass is 9.99. The predicted molar refractivity (Wildman–Crippen MR) is 84.4 cm³/mol. The van der Waals surface area contributed by atoms with E-state index in [1.54, 1.807) is 0 Å². The molecule has 1 aromatic rings. The molecule has 5 heteroatoms. The summed E-state index contributed by atoms with van der Waals surface area (Å²) in [6.07, 6.45) is 5.94. The highest BCUT2D eigenvalue weighted by Gasteiger charge is 2.32. The average molecular weight is 308 g/mol. The van der Waals surface area contributed by atoms with Crippen LogP contribution in [0, 0.1) is 0 Å². The van der Waals surface area contributed by atoms with Gasteiger partial charge in [0.05, 0.1) is 12.6 Å². The van der Waals surface area contributed by atoms with Crippen LogP contribution in [0.5, 0.6) is 0 Å². The number of piperidine rings is 1. The van der Waals surface area contributed by atoms with Gasteiger partial charge in [-0.25, -0.2) is 0 Å². The molecule has 124 valence electrons. The second-order valence-corrected chi connectivity index (χ2v) is 6.63. The Bertz CT molecular complexity index is 455.